The van der Waals surface area contributed by atoms with Crippen LogP contribution in [0.25, 0.3) is 0 Å². The van der Waals surface area contributed by atoms with Crippen LogP contribution in [0.4, 0.5) is 0 Å². The SMILES string of the molecule is CS(=O)(=O)CC(=O)c1ccc(Br)cc1Cl. The van der Waals surface area contributed by atoms with Gasteiger partial charge in [-0.2, -0.15) is 0 Å². The van der Waals surface area contributed by atoms with Gasteiger partial charge in [0.2, 0.25) is 0 Å². The van der Waals surface area contributed by atoms with Crippen molar-refractivity contribution in [3.05, 3.63) is 33.3 Å². The van der Waals surface area contributed by atoms with E-state index in [0.717, 1.165) is 10.7 Å². The highest BCUT2D eigenvalue weighted by Gasteiger charge is 2.15. The molecule has 0 saturated heterocycles. The largest absolute Gasteiger partial charge is 0.293 e. The Kier molecular flexibility index (Phi) is 3.92. The number of halogens is 2. The van der Waals surface area contributed by atoms with Crippen LogP contribution in [0.5, 0.6) is 0 Å². The number of ketones is 1. The van der Waals surface area contributed by atoms with Crippen molar-refractivity contribution in [3.63, 3.8) is 0 Å². The fraction of sp³-hybridized carbons (Fsp3) is 0.222. The van der Waals surface area contributed by atoms with Gasteiger partial charge in [-0.25, -0.2) is 8.42 Å². The highest BCUT2D eigenvalue weighted by atomic mass is 79.9. The van der Waals surface area contributed by atoms with Crippen LogP contribution in [-0.4, -0.2) is 26.2 Å². The van der Waals surface area contributed by atoms with Crippen molar-refractivity contribution < 1.29 is 13.2 Å². The highest BCUT2D eigenvalue weighted by Crippen LogP contribution is 2.21. The Balaban J connectivity index is 3.02. The maximum absolute atomic E-state index is 11.5. The molecule has 0 N–H and O–H groups in total. The topological polar surface area (TPSA) is 51.2 Å². The molecule has 6 heteroatoms. The van der Waals surface area contributed by atoms with E-state index in [1.165, 1.54) is 6.07 Å². The summed E-state index contributed by atoms with van der Waals surface area (Å²) < 4.78 is 22.6. The van der Waals surface area contributed by atoms with E-state index in [-0.39, 0.29) is 10.6 Å². The lowest BCUT2D eigenvalue weighted by Gasteiger charge is -2.02. The molecule has 15 heavy (non-hydrogen) atoms. The summed E-state index contributed by atoms with van der Waals surface area (Å²) in [5, 5.41) is 0.248. The number of Topliss-reactive ketones (excluding diaryl/α,β-unsaturated/α-hetero) is 1. The van der Waals surface area contributed by atoms with E-state index < -0.39 is 21.4 Å². The predicted octanol–water partition coefficient (Wildman–Crippen LogP) is 2.33. The minimum atomic E-state index is -3.32. The highest BCUT2D eigenvalue weighted by molar-refractivity contribution is 9.10. The second-order valence-corrected chi connectivity index (χ2v) is 6.58. The third-order valence-electron chi connectivity index (χ3n) is 1.62. The molecule has 0 spiro atoms. The van der Waals surface area contributed by atoms with Gasteiger partial charge in [-0.05, 0) is 18.2 Å². The molecule has 0 fully saturated rings. The molecule has 0 aliphatic heterocycles. The smallest absolute Gasteiger partial charge is 0.179 e. The summed E-state index contributed by atoms with van der Waals surface area (Å²) in [7, 11) is -3.32. The predicted molar refractivity (Wildman–Crippen MR) is 63.2 cm³/mol. The third-order valence-corrected chi connectivity index (χ3v) is 3.22. The maximum atomic E-state index is 11.5. The first-order valence-electron chi connectivity index (χ1n) is 3.95. The summed E-state index contributed by atoms with van der Waals surface area (Å²) in [6.07, 6.45) is 1.01. The van der Waals surface area contributed by atoms with Gasteiger partial charge in [-0.15, -0.1) is 0 Å². The lowest BCUT2D eigenvalue weighted by atomic mass is 10.1. The first-order chi connectivity index (χ1) is 6.79. The van der Waals surface area contributed by atoms with Crippen LogP contribution in [-0.2, 0) is 9.84 Å². The van der Waals surface area contributed by atoms with E-state index in [9.17, 15) is 13.2 Å². The standard InChI is InChI=1S/C9H8BrClO3S/c1-15(13,14)5-9(12)7-3-2-6(10)4-8(7)11/h2-4H,5H2,1H3. The molecule has 0 amide bonds. The number of sulfone groups is 1. The van der Waals surface area contributed by atoms with E-state index in [4.69, 9.17) is 11.6 Å². The summed E-state index contributed by atoms with van der Waals surface area (Å²) in [6.45, 7) is 0. The summed E-state index contributed by atoms with van der Waals surface area (Å²) in [5.41, 5.74) is 0.227. The fourth-order valence-electron chi connectivity index (χ4n) is 1.03. The van der Waals surface area contributed by atoms with Crippen molar-refractivity contribution in [1.29, 1.82) is 0 Å². The molecule has 0 radical (unpaired) electrons. The van der Waals surface area contributed by atoms with Crippen molar-refractivity contribution in [2.75, 3.05) is 12.0 Å². The molecule has 1 aromatic carbocycles. The van der Waals surface area contributed by atoms with E-state index in [1.54, 1.807) is 12.1 Å². The van der Waals surface area contributed by atoms with Gasteiger partial charge in [0.25, 0.3) is 0 Å². The lowest BCUT2D eigenvalue weighted by Crippen LogP contribution is -2.14. The first-order valence-corrected chi connectivity index (χ1v) is 7.19. The van der Waals surface area contributed by atoms with E-state index in [2.05, 4.69) is 15.9 Å². The molecule has 0 bridgehead atoms. The quantitative estimate of drug-likeness (QED) is 0.805. The van der Waals surface area contributed by atoms with Gasteiger partial charge in [-0.3, -0.25) is 4.79 Å². The zero-order valence-electron chi connectivity index (χ0n) is 7.83. The Bertz CT molecular complexity index is 496. The maximum Gasteiger partial charge on any atom is 0.179 e. The van der Waals surface area contributed by atoms with Gasteiger partial charge in [0.15, 0.2) is 15.6 Å². The monoisotopic (exact) mass is 310 g/mol. The summed E-state index contributed by atoms with van der Waals surface area (Å²) in [6, 6.07) is 4.69. The van der Waals surface area contributed by atoms with E-state index in [1.807, 2.05) is 0 Å². The van der Waals surface area contributed by atoms with Gasteiger partial charge in [0.1, 0.15) is 5.75 Å². The molecule has 1 aromatic rings. The molecule has 0 aliphatic rings. The molecule has 1 rings (SSSR count). The second kappa shape index (κ2) is 4.63. The summed E-state index contributed by atoms with van der Waals surface area (Å²) >= 11 is 9.00. The van der Waals surface area contributed by atoms with E-state index in [0.29, 0.717) is 0 Å². The Morgan fingerprint density at radius 3 is 2.53 bits per heavy atom. The molecule has 3 nitrogen and oxygen atoms in total. The van der Waals surface area contributed by atoms with E-state index >= 15 is 0 Å². The number of hydrogen-bond acceptors (Lipinski definition) is 3. The molecule has 0 unspecified atom stereocenters. The third kappa shape index (κ3) is 3.93. The number of rotatable bonds is 3. The molecular formula is C9H8BrClO3S. The average molecular weight is 312 g/mol. The van der Waals surface area contributed by atoms with Crippen molar-refractivity contribution >= 4 is 43.2 Å². The minimum absolute atomic E-state index is 0.227. The van der Waals surface area contributed by atoms with Crippen molar-refractivity contribution in [1.82, 2.24) is 0 Å². The Morgan fingerprint density at radius 2 is 2.07 bits per heavy atom. The minimum Gasteiger partial charge on any atom is -0.293 e. The number of carbonyl (C=O) groups is 1. The van der Waals surface area contributed by atoms with Crippen LogP contribution in [0.1, 0.15) is 10.4 Å². The van der Waals surface area contributed by atoms with Gasteiger partial charge >= 0.3 is 0 Å². The molecule has 0 aliphatic carbocycles. The van der Waals surface area contributed by atoms with Crippen molar-refractivity contribution in [2.24, 2.45) is 0 Å². The van der Waals surface area contributed by atoms with Gasteiger partial charge in [-0.1, -0.05) is 27.5 Å². The van der Waals surface area contributed by atoms with Crippen LogP contribution < -0.4 is 0 Å². The Hall–Kier alpha value is -0.390. The molecular weight excluding hydrogens is 304 g/mol. The zero-order chi connectivity index (χ0) is 11.6. The van der Waals surface area contributed by atoms with Crippen molar-refractivity contribution in [2.45, 2.75) is 0 Å². The van der Waals surface area contributed by atoms with Crippen LogP contribution in [0.15, 0.2) is 22.7 Å². The van der Waals surface area contributed by atoms with Gasteiger partial charge in [0.05, 0.1) is 5.02 Å². The molecule has 0 atom stereocenters. The lowest BCUT2D eigenvalue weighted by molar-refractivity contribution is 0.102. The number of carbonyl (C=O) groups excluding carboxylic acids is 1. The fourth-order valence-corrected chi connectivity index (χ4v) is 2.44. The van der Waals surface area contributed by atoms with Gasteiger partial charge < -0.3 is 0 Å². The van der Waals surface area contributed by atoms with Crippen LogP contribution in [0.2, 0.25) is 5.02 Å². The van der Waals surface area contributed by atoms with Crippen LogP contribution in [0.3, 0.4) is 0 Å². The number of benzene rings is 1. The summed E-state index contributed by atoms with van der Waals surface area (Å²) in [5.74, 6) is -1.01. The van der Waals surface area contributed by atoms with Crippen LogP contribution >= 0.6 is 27.5 Å². The normalized spacial score (nSPS) is 11.4. The first kappa shape index (κ1) is 12.7. The molecule has 0 saturated carbocycles. The number of hydrogen-bond donors (Lipinski definition) is 0. The summed E-state index contributed by atoms with van der Waals surface area (Å²) in [4.78, 5) is 11.5. The van der Waals surface area contributed by atoms with Gasteiger partial charge in [0, 0.05) is 16.3 Å². The Labute approximate surface area is 101 Å². The molecule has 82 valence electrons. The van der Waals surface area contributed by atoms with Crippen LogP contribution in [0, 0.1) is 0 Å². The second-order valence-electron chi connectivity index (χ2n) is 3.12. The molecule has 0 heterocycles. The zero-order valence-corrected chi connectivity index (χ0v) is 11.0. The van der Waals surface area contributed by atoms with Crippen molar-refractivity contribution in [3.8, 4) is 0 Å². The Morgan fingerprint density at radius 1 is 1.47 bits per heavy atom. The average Bonchev–Trinajstić information content (AvgIpc) is 1.99. The molecule has 0 aromatic heterocycles.